The molecule has 14 N–H and O–H groups in total. The van der Waals surface area contributed by atoms with Crippen molar-refractivity contribution in [2.45, 2.75) is 476 Å². The molecule has 0 saturated carbocycles. The molecular weight excluding hydrogens is 2010 g/mol. The van der Waals surface area contributed by atoms with Crippen molar-refractivity contribution >= 4 is 103 Å². The number of carbonyl (C=O) groups excluding carboxylic acids is 6. The van der Waals surface area contributed by atoms with Gasteiger partial charge in [-0.25, -0.2) is 4.79 Å². The summed E-state index contributed by atoms with van der Waals surface area (Å²) in [7, 11) is 1.58. The Morgan fingerprint density at radius 3 is 1.16 bits per heavy atom. The third-order valence-corrected chi connectivity index (χ3v) is 30.0. The quantitative estimate of drug-likeness (QED) is 0.0256. The molecule has 9 heterocycles. The van der Waals surface area contributed by atoms with E-state index in [1.54, 1.807) is 66.3 Å². The number of fused-ring (bicyclic) bond motifs is 1. The third kappa shape index (κ3) is 33.6. The van der Waals surface area contributed by atoms with Gasteiger partial charge in [-0.3, -0.25) is 33.3 Å². The van der Waals surface area contributed by atoms with Gasteiger partial charge in [0, 0.05) is 161 Å². The molecule has 0 spiro atoms. The summed E-state index contributed by atoms with van der Waals surface area (Å²) in [4.78, 5) is 84.0. The maximum atomic E-state index is 13.5. The first-order chi connectivity index (χ1) is 63.8. The van der Waals surface area contributed by atoms with Crippen molar-refractivity contribution in [1.82, 2.24) is 55.7 Å². The minimum Gasteiger partial charge on any atom is -0.497 e. The lowest BCUT2D eigenvalue weighted by atomic mass is 9.75. The third-order valence-electron chi connectivity index (χ3n) is 28.5. The molecule has 33 nitrogen and oxygen atoms in total. The van der Waals surface area contributed by atoms with E-state index in [1.165, 1.54) is 53.9 Å². The molecule has 2 amide bonds. The Bertz CT molecular complexity index is 4640. The number of methoxy groups -OCH3 is 1. The number of piperidine rings is 8. The zero-order valence-corrected chi connectivity index (χ0v) is 95.7. The molecule has 12 rings (SSSR count). The molecule has 8 fully saturated rings. The van der Waals surface area contributed by atoms with Crippen LogP contribution >= 0.6 is 50.1 Å². The molecule has 8 aliphatic heterocycles. The fourth-order valence-corrected chi connectivity index (χ4v) is 23.6. The summed E-state index contributed by atoms with van der Waals surface area (Å²) in [5.41, 5.74) is 3.34. The van der Waals surface area contributed by atoms with Gasteiger partial charge in [0.25, 0.3) is 5.91 Å². The maximum absolute atomic E-state index is 13.5. The number of aliphatic hydroxyl groups excluding tert-OH is 1. The molecule has 0 bridgehead atoms. The molecule has 141 heavy (non-hydrogen) atoms. The van der Waals surface area contributed by atoms with Crippen LogP contribution in [-0.4, -0.2) is 280 Å². The van der Waals surface area contributed by atoms with Crippen molar-refractivity contribution in [3.05, 3.63) is 94.1 Å². The van der Waals surface area contributed by atoms with E-state index < -0.39 is 51.1 Å². The number of alkyl halides is 2. The molecule has 8 saturated heterocycles. The fraction of sp³-hybridized carbons (Fsp3) is 0.743. The maximum Gasteiger partial charge on any atom is 0.342 e. The number of rotatable bonds is 13. The number of aromatic nitrogens is 1. The van der Waals surface area contributed by atoms with Gasteiger partial charge in [0.15, 0.2) is 0 Å². The monoisotopic (exact) mass is 2180 g/mol. The molecule has 36 heteroatoms. The van der Waals surface area contributed by atoms with Gasteiger partial charge < -0.3 is 87.2 Å². The van der Waals surface area contributed by atoms with Crippen LogP contribution in [0.4, 0.5) is 0 Å². The lowest BCUT2D eigenvalue weighted by Gasteiger charge is -2.51. The first kappa shape index (κ1) is 126. The summed E-state index contributed by atoms with van der Waals surface area (Å²) in [6.45, 7) is 66.1. The first-order valence-corrected chi connectivity index (χ1v) is 52.3. The number of hydrogen-bond acceptors (Lipinski definition) is 29. The fourth-order valence-electron chi connectivity index (χ4n) is 23.1. The van der Waals surface area contributed by atoms with Crippen molar-refractivity contribution in [2.24, 2.45) is 11.7 Å². The lowest BCUT2D eigenvalue weighted by molar-refractivity contribution is -0.259. The normalized spacial score (nSPS) is 24.1. The van der Waals surface area contributed by atoms with Crippen molar-refractivity contribution in [2.75, 3.05) is 16.9 Å². The predicted molar refractivity (Wildman–Crippen MR) is 559 cm³/mol. The van der Waals surface area contributed by atoms with E-state index in [2.05, 4.69) is 76.8 Å². The Labute approximate surface area is 867 Å². The number of hydrogen-bond donors (Lipinski definition) is 13. The standard InChI is InChI=1S/C28H33ClN2O5.C18H25NO5.C11H21BrN2O2.C11H21IN2O2.C10H19NO3.C9H20N2O.C9H19NO2.C9H19NO/c1-17-22(14-25(32)36-21-15-27(2,3)31(34)28(4,5)16-21)23-13-20(35-6)11-12-24(23)30(17)26(33)18-7-9-19(29)10-8-18;1-12(20)23-15-9-7-6-8-14(15)16(21)24-13-10-17(2,3)19(22)18(4,5)11-13;2*1-10(2)5-8(13-9(15)7-12)6-11(3,4)14(10)16;1-9(2)5-7(8(12)13)6-10(3,4)11(9)14;1-8(2)5-7(10)6-9(3,4)11(8)12;1-8(2)5-7(11)6-9(3,4)10(8)12;1-8(2)6-5-7-9(3,4)10(8)11/h7-13,21,34H,14-16H2,1-6H3;6-9,13,22H,10-11H2,1-5H3;2*8,16H,5-7H2,1-4H3,(H,13,15);7,14H,5-6H2,1-4H3,(H,12,13);7,12H,5-6,10H2,1-4H3;7,11-12H,5-6H2,1-4H3;11H,5-7H2,1-4H3. The van der Waals surface area contributed by atoms with Gasteiger partial charge in [-0.2, -0.15) is 40.5 Å². The number of hydroxylamine groups is 16. The number of carboxylic acid groups (broad SMARTS) is 1. The van der Waals surface area contributed by atoms with E-state index in [4.69, 9.17) is 41.4 Å². The number of carboxylic acids is 1. The number of nitrogens with one attached hydrogen (secondary N) is 2. The smallest absolute Gasteiger partial charge is 0.342 e. The number of nitrogens with two attached hydrogens (primary N) is 1. The Morgan fingerprint density at radius 2 is 0.801 bits per heavy atom. The second kappa shape index (κ2) is 47.8. The summed E-state index contributed by atoms with van der Waals surface area (Å²) in [6.07, 6.45) is 11.5. The van der Waals surface area contributed by atoms with Crippen LogP contribution in [-0.2, 0) is 39.9 Å². The molecular formula is C105H177BrClIN12O21. The van der Waals surface area contributed by atoms with E-state index in [9.17, 15) is 80.3 Å². The van der Waals surface area contributed by atoms with E-state index in [-0.39, 0.29) is 139 Å². The molecule has 3 aromatic carbocycles. The highest BCUT2D eigenvalue weighted by Gasteiger charge is 2.53. The summed E-state index contributed by atoms with van der Waals surface area (Å²) >= 11 is 11.2. The van der Waals surface area contributed by atoms with Gasteiger partial charge in [0.2, 0.25) is 11.8 Å². The molecule has 1 aromatic heterocycles. The summed E-state index contributed by atoms with van der Waals surface area (Å²) in [6, 6.07) is 19.2. The average Bonchev–Trinajstić information content (AvgIpc) is 1.60. The van der Waals surface area contributed by atoms with Gasteiger partial charge >= 0.3 is 23.9 Å². The van der Waals surface area contributed by atoms with Crippen LogP contribution in [0.1, 0.15) is 370 Å². The summed E-state index contributed by atoms with van der Waals surface area (Å²) in [5.74, 6) is -1.84. The number of amides is 2. The number of ether oxygens (including phenoxy) is 4. The average molecular weight is 2190 g/mol. The number of para-hydroxylation sites is 1. The topological polar surface area (TPSA) is 440 Å². The Balaban J connectivity index is 0.000000295. The summed E-state index contributed by atoms with van der Waals surface area (Å²) in [5, 5.41) is 118. The highest BCUT2D eigenvalue weighted by molar-refractivity contribution is 14.1. The zero-order chi connectivity index (χ0) is 109. The number of benzene rings is 3. The first-order valence-electron chi connectivity index (χ1n) is 49.3. The second-order valence-corrected chi connectivity index (χ2v) is 51.7. The van der Waals surface area contributed by atoms with Crippen LogP contribution in [0.15, 0.2) is 66.7 Å². The van der Waals surface area contributed by atoms with Gasteiger partial charge in [0.1, 0.15) is 29.3 Å². The van der Waals surface area contributed by atoms with E-state index in [0.29, 0.717) is 94.2 Å². The van der Waals surface area contributed by atoms with Gasteiger partial charge in [-0.05, 0) is 372 Å². The van der Waals surface area contributed by atoms with Gasteiger partial charge in [-0.15, -0.1) is 0 Å². The number of nitrogens with zero attached hydrogens (tertiary/aromatic N) is 9. The van der Waals surface area contributed by atoms with Crippen molar-refractivity contribution < 1.29 is 104 Å². The highest BCUT2D eigenvalue weighted by atomic mass is 127. The number of esters is 3. The van der Waals surface area contributed by atoms with E-state index in [1.807, 2.05) is 213 Å². The Morgan fingerprint density at radius 1 is 0.461 bits per heavy atom. The van der Waals surface area contributed by atoms with Crippen molar-refractivity contribution in [3.8, 4) is 11.5 Å². The molecule has 0 atom stereocenters. The lowest BCUT2D eigenvalue weighted by Crippen LogP contribution is -2.63. The molecule has 0 radical (unpaired) electrons. The minimum absolute atomic E-state index is 0.00277. The number of halogens is 3. The van der Waals surface area contributed by atoms with E-state index in [0.717, 1.165) is 56.8 Å². The molecule has 0 unspecified atom stereocenters. The van der Waals surface area contributed by atoms with Crippen LogP contribution in [0.25, 0.3) is 10.9 Å². The second-order valence-electron chi connectivity index (χ2n) is 50.0. The van der Waals surface area contributed by atoms with Crippen molar-refractivity contribution in [3.63, 3.8) is 0 Å². The molecule has 8 aliphatic rings. The van der Waals surface area contributed by atoms with Crippen LogP contribution in [0.2, 0.25) is 5.02 Å². The summed E-state index contributed by atoms with van der Waals surface area (Å²) < 4.78 is 24.2. The van der Waals surface area contributed by atoms with Gasteiger partial charge in [0.05, 0.1) is 40.8 Å². The SMILES string of the molecule is CC(=O)Oc1ccccc1C(=O)OC1CC(C)(C)N(O)C(C)(C)C1.CC1(C)CC(C(=O)O)CC(C)(C)N1O.CC1(C)CC(N)CC(C)(C)N1O.CC1(C)CC(NC(=O)CBr)CC(C)(C)N1O.CC1(C)CC(NC(=O)CI)CC(C)(C)N1O.CC1(C)CC(O)CC(C)(C)N1O.CC1(C)CCCC(C)(C)N1O.COc1ccc2c(c1)c(CC(=O)OC1CC(C)(C)N(O)C(C)(C)C1)c(C)n2C(=O)c1ccc(Cl)cc1. The van der Waals surface area contributed by atoms with E-state index >= 15 is 0 Å². The van der Waals surface area contributed by atoms with Crippen LogP contribution in [0.3, 0.4) is 0 Å². The predicted octanol–water partition coefficient (Wildman–Crippen LogP) is 19.7. The number of aliphatic carboxylic acids is 1. The zero-order valence-electron chi connectivity index (χ0n) is 91.2. The molecule has 4 aromatic rings. The van der Waals surface area contributed by atoms with Crippen LogP contribution < -0.4 is 25.8 Å². The largest absolute Gasteiger partial charge is 0.497 e. The minimum atomic E-state index is -0.765. The number of aliphatic hydroxyl groups is 1. The van der Waals surface area contributed by atoms with Crippen LogP contribution in [0, 0.1) is 12.8 Å². The van der Waals surface area contributed by atoms with Crippen molar-refractivity contribution in [1.29, 1.82) is 0 Å². The van der Waals surface area contributed by atoms with Gasteiger partial charge in [-0.1, -0.05) is 62.3 Å². The number of carbonyl (C=O) groups is 7. The Kier molecular flexibility index (Phi) is 42.7. The molecule has 804 valence electrons. The van der Waals surface area contributed by atoms with Crippen LogP contribution in [0.5, 0.6) is 11.5 Å². The Hall–Kier alpha value is -5.73. The molecule has 0 aliphatic carbocycles. The highest BCUT2D eigenvalue weighted by Crippen LogP contribution is 2.46.